The summed E-state index contributed by atoms with van der Waals surface area (Å²) in [4.78, 5) is 2.28. The second-order valence-corrected chi connectivity index (χ2v) is 6.01. The van der Waals surface area contributed by atoms with Crippen LogP contribution >= 0.6 is 0 Å². The quantitative estimate of drug-likeness (QED) is 0.785. The highest BCUT2D eigenvalue weighted by atomic mass is 16.5. The molecule has 124 valence electrons. The molecule has 1 aromatic carbocycles. The van der Waals surface area contributed by atoms with Crippen LogP contribution in [0.25, 0.3) is 17.0 Å². The molecular formula is C17H20N6O. The van der Waals surface area contributed by atoms with Gasteiger partial charge in [-0.1, -0.05) is 30.3 Å². The number of nitrogens with one attached hydrogen (secondary N) is 1. The Balaban J connectivity index is 1.54. The summed E-state index contributed by atoms with van der Waals surface area (Å²) in [6, 6.07) is 13.8. The van der Waals surface area contributed by atoms with E-state index < -0.39 is 0 Å². The molecule has 4 rings (SSSR count). The van der Waals surface area contributed by atoms with Crippen molar-refractivity contribution in [1.29, 1.82) is 0 Å². The van der Waals surface area contributed by atoms with E-state index in [0.717, 1.165) is 49.1 Å². The molecule has 0 radical (unpaired) electrons. The number of anilines is 1. The average Bonchev–Trinajstić information content (AvgIpc) is 3.04. The summed E-state index contributed by atoms with van der Waals surface area (Å²) in [7, 11) is 2.11. The van der Waals surface area contributed by atoms with Crippen molar-refractivity contribution in [3.8, 4) is 11.4 Å². The molecule has 1 fully saturated rings. The number of nitrogens with zero attached hydrogens (tertiary/aromatic N) is 5. The number of aromatic nitrogens is 4. The second-order valence-electron chi connectivity index (χ2n) is 6.01. The van der Waals surface area contributed by atoms with E-state index in [4.69, 9.17) is 4.74 Å². The fourth-order valence-corrected chi connectivity index (χ4v) is 2.86. The molecule has 0 saturated carbocycles. The molecule has 0 unspecified atom stereocenters. The maximum Gasteiger partial charge on any atom is 0.185 e. The van der Waals surface area contributed by atoms with E-state index in [0.29, 0.717) is 0 Å². The minimum Gasteiger partial charge on any atom is -0.374 e. The van der Waals surface area contributed by atoms with Gasteiger partial charge in [-0.3, -0.25) is 0 Å². The SMILES string of the molecule is CN1CCO[C@H](CNc2ccc3nnc(-c4ccccc4)n3n2)C1. The molecule has 0 spiro atoms. The summed E-state index contributed by atoms with van der Waals surface area (Å²) in [5, 5.41) is 16.4. The summed E-state index contributed by atoms with van der Waals surface area (Å²) in [5.74, 6) is 1.53. The van der Waals surface area contributed by atoms with Gasteiger partial charge in [-0.2, -0.15) is 4.52 Å². The number of likely N-dealkylation sites (N-methyl/N-ethyl adjacent to an activating group) is 1. The van der Waals surface area contributed by atoms with Crippen LogP contribution < -0.4 is 5.32 Å². The minimum atomic E-state index is 0.177. The van der Waals surface area contributed by atoms with Crippen LogP contribution in [0.2, 0.25) is 0 Å². The predicted molar refractivity (Wildman–Crippen MR) is 91.9 cm³/mol. The van der Waals surface area contributed by atoms with Gasteiger partial charge in [0.15, 0.2) is 11.5 Å². The summed E-state index contributed by atoms with van der Waals surface area (Å²) in [5.41, 5.74) is 1.72. The first kappa shape index (κ1) is 15.0. The molecule has 2 aromatic heterocycles. The largest absolute Gasteiger partial charge is 0.374 e. The van der Waals surface area contributed by atoms with E-state index in [1.54, 1.807) is 4.52 Å². The third-order valence-corrected chi connectivity index (χ3v) is 4.15. The topological polar surface area (TPSA) is 67.6 Å². The lowest BCUT2D eigenvalue weighted by atomic mass is 10.2. The molecule has 7 heteroatoms. The van der Waals surface area contributed by atoms with Gasteiger partial charge in [-0.15, -0.1) is 15.3 Å². The van der Waals surface area contributed by atoms with Crippen LogP contribution in [0.5, 0.6) is 0 Å². The highest BCUT2D eigenvalue weighted by molar-refractivity contribution is 5.59. The van der Waals surface area contributed by atoms with E-state index in [1.165, 1.54) is 0 Å². The Labute approximate surface area is 140 Å². The molecule has 1 N–H and O–H groups in total. The first-order valence-electron chi connectivity index (χ1n) is 8.11. The van der Waals surface area contributed by atoms with Crippen molar-refractivity contribution in [2.45, 2.75) is 6.10 Å². The number of hydrogen-bond donors (Lipinski definition) is 1. The van der Waals surface area contributed by atoms with Gasteiger partial charge in [-0.05, 0) is 19.2 Å². The van der Waals surface area contributed by atoms with Crippen LogP contribution in [0, 0.1) is 0 Å². The van der Waals surface area contributed by atoms with E-state index in [1.807, 2.05) is 42.5 Å². The van der Waals surface area contributed by atoms with Crippen LogP contribution in [-0.4, -0.2) is 64.1 Å². The fraction of sp³-hybridized carbons (Fsp3) is 0.353. The molecule has 3 aromatic rings. The lowest BCUT2D eigenvalue weighted by Crippen LogP contribution is -2.43. The van der Waals surface area contributed by atoms with Crippen molar-refractivity contribution in [2.75, 3.05) is 38.6 Å². The van der Waals surface area contributed by atoms with Crippen molar-refractivity contribution < 1.29 is 4.74 Å². The Bertz CT molecular complexity index is 818. The van der Waals surface area contributed by atoms with Gasteiger partial charge in [0.25, 0.3) is 0 Å². The Morgan fingerprint density at radius 3 is 2.88 bits per heavy atom. The van der Waals surface area contributed by atoms with Crippen LogP contribution in [0.3, 0.4) is 0 Å². The summed E-state index contributed by atoms with van der Waals surface area (Å²) < 4.78 is 7.54. The van der Waals surface area contributed by atoms with E-state index >= 15 is 0 Å². The average molecular weight is 324 g/mol. The van der Waals surface area contributed by atoms with E-state index in [9.17, 15) is 0 Å². The zero-order valence-electron chi connectivity index (χ0n) is 13.6. The van der Waals surface area contributed by atoms with Gasteiger partial charge in [0.1, 0.15) is 5.82 Å². The van der Waals surface area contributed by atoms with E-state index in [-0.39, 0.29) is 6.10 Å². The molecule has 0 aliphatic carbocycles. The Hall–Kier alpha value is -2.51. The zero-order valence-corrected chi connectivity index (χ0v) is 13.6. The first-order valence-corrected chi connectivity index (χ1v) is 8.11. The van der Waals surface area contributed by atoms with Gasteiger partial charge >= 0.3 is 0 Å². The normalized spacial score (nSPS) is 18.8. The predicted octanol–water partition coefficient (Wildman–Crippen LogP) is 1.53. The van der Waals surface area contributed by atoms with E-state index in [2.05, 4.69) is 32.6 Å². The van der Waals surface area contributed by atoms with Gasteiger partial charge in [-0.25, -0.2) is 0 Å². The summed E-state index contributed by atoms with van der Waals surface area (Å²) >= 11 is 0. The molecule has 24 heavy (non-hydrogen) atoms. The van der Waals surface area contributed by atoms with Crippen molar-refractivity contribution >= 4 is 11.5 Å². The summed E-state index contributed by atoms with van der Waals surface area (Å²) in [6.45, 7) is 3.42. The molecule has 7 nitrogen and oxygen atoms in total. The minimum absolute atomic E-state index is 0.177. The highest BCUT2D eigenvalue weighted by Gasteiger charge is 2.17. The molecule has 1 aliphatic rings. The zero-order chi connectivity index (χ0) is 16.4. The van der Waals surface area contributed by atoms with Gasteiger partial charge in [0.05, 0.1) is 12.7 Å². The number of benzene rings is 1. The van der Waals surface area contributed by atoms with Gasteiger partial charge < -0.3 is 15.0 Å². The maximum atomic E-state index is 5.77. The van der Waals surface area contributed by atoms with Crippen LogP contribution in [0.15, 0.2) is 42.5 Å². The van der Waals surface area contributed by atoms with Crippen molar-refractivity contribution in [3.05, 3.63) is 42.5 Å². The Morgan fingerprint density at radius 1 is 1.17 bits per heavy atom. The third-order valence-electron chi connectivity index (χ3n) is 4.15. The maximum absolute atomic E-state index is 5.77. The van der Waals surface area contributed by atoms with Gasteiger partial charge in [0.2, 0.25) is 0 Å². The number of ether oxygens (including phenoxy) is 1. The second kappa shape index (κ2) is 6.54. The van der Waals surface area contributed by atoms with Gasteiger partial charge in [0, 0.05) is 25.2 Å². The van der Waals surface area contributed by atoms with Crippen molar-refractivity contribution in [1.82, 2.24) is 24.7 Å². The third kappa shape index (κ3) is 3.08. The lowest BCUT2D eigenvalue weighted by Gasteiger charge is -2.30. The number of fused-ring (bicyclic) bond motifs is 1. The van der Waals surface area contributed by atoms with Crippen LogP contribution in [0.1, 0.15) is 0 Å². The molecule has 0 amide bonds. The van der Waals surface area contributed by atoms with Crippen molar-refractivity contribution in [2.24, 2.45) is 0 Å². The summed E-state index contributed by atoms with van der Waals surface area (Å²) in [6.07, 6.45) is 0.177. The number of morpholine rings is 1. The molecule has 3 heterocycles. The lowest BCUT2D eigenvalue weighted by molar-refractivity contribution is -0.0117. The van der Waals surface area contributed by atoms with Crippen LogP contribution in [-0.2, 0) is 4.74 Å². The van der Waals surface area contributed by atoms with Crippen molar-refractivity contribution in [3.63, 3.8) is 0 Å². The molecule has 0 bridgehead atoms. The monoisotopic (exact) mass is 324 g/mol. The first-order chi connectivity index (χ1) is 11.8. The number of rotatable bonds is 4. The van der Waals surface area contributed by atoms with Crippen LogP contribution in [0.4, 0.5) is 5.82 Å². The highest BCUT2D eigenvalue weighted by Crippen LogP contribution is 2.18. The smallest absolute Gasteiger partial charge is 0.185 e. The molecule has 1 aliphatic heterocycles. The molecule has 1 atom stereocenters. The fourth-order valence-electron chi connectivity index (χ4n) is 2.86. The standard InChI is InChI=1S/C17H20N6O/c1-22-9-10-24-14(12-22)11-18-15-7-8-16-19-20-17(23(16)21-15)13-5-3-2-4-6-13/h2-8,14H,9-12H2,1H3,(H,18,21)/t14-/m1/s1. The Kier molecular flexibility index (Phi) is 4.10. The molecule has 1 saturated heterocycles. The molecular weight excluding hydrogens is 304 g/mol. The Morgan fingerprint density at radius 2 is 2.04 bits per heavy atom. The number of hydrogen-bond acceptors (Lipinski definition) is 6.